The van der Waals surface area contributed by atoms with Gasteiger partial charge in [-0.05, 0) is 19.1 Å². The molecule has 0 spiro atoms. The van der Waals surface area contributed by atoms with E-state index in [0.717, 1.165) is 0 Å². The molecule has 1 aromatic heterocycles. The van der Waals surface area contributed by atoms with E-state index < -0.39 is 32.6 Å². The molecule has 19 heavy (non-hydrogen) atoms. The molecule has 3 N–H and O–H groups in total. The van der Waals surface area contributed by atoms with Gasteiger partial charge in [0.2, 0.25) is 0 Å². The summed E-state index contributed by atoms with van der Waals surface area (Å²) in [6, 6.07) is 0.890. The molecule has 0 aliphatic carbocycles. The van der Waals surface area contributed by atoms with Gasteiger partial charge in [-0.2, -0.15) is 4.98 Å². The van der Waals surface area contributed by atoms with Gasteiger partial charge in [-0.1, -0.05) is 5.16 Å². The predicted octanol–water partition coefficient (Wildman–Crippen LogP) is 1.04. The summed E-state index contributed by atoms with van der Waals surface area (Å²) in [4.78, 5) is 2.39. The monoisotopic (exact) mass is 290 g/mol. The van der Waals surface area contributed by atoms with E-state index in [9.17, 15) is 17.2 Å². The second-order valence-electron chi connectivity index (χ2n) is 3.57. The summed E-state index contributed by atoms with van der Waals surface area (Å²) in [5.74, 6) is -2.47. The van der Waals surface area contributed by atoms with Gasteiger partial charge in [0.05, 0.1) is 0 Å². The highest BCUT2D eigenvalue weighted by Gasteiger charge is 2.26. The van der Waals surface area contributed by atoms with Crippen molar-refractivity contribution in [2.24, 2.45) is 0 Å². The summed E-state index contributed by atoms with van der Waals surface area (Å²) in [7, 11) is -4.53. The first kappa shape index (κ1) is 13.2. The van der Waals surface area contributed by atoms with Crippen LogP contribution < -0.4 is 10.5 Å². The number of rotatable bonds is 3. The summed E-state index contributed by atoms with van der Waals surface area (Å²) >= 11 is 0. The highest BCUT2D eigenvalue weighted by Crippen LogP contribution is 2.23. The molecule has 0 amide bonds. The number of halogens is 2. The standard InChI is InChI=1S/C9H8F2N4O3S/c1-4-13-9(18-14-4)15-19(16,17)8-6(10)2-5(12)3-7(8)11/h2-3H,12H2,1H3,(H,13,14,15). The first-order valence-electron chi connectivity index (χ1n) is 4.87. The molecule has 1 heterocycles. The number of nitrogens with one attached hydrogen (secondary N) is 1. The molecule has 0 unspecified atom stereocenters. The number of benzene rings is 1. The first-order valence-corrected chi connectivity index (χ1v) is 6.35. The van der Waals surface area contributed by atoms with E-state index in [2.05, 4.69) is 14.7 Å². The van der Waals surface area contributed by atoms with Crippen LogP contribution in [-0.4, -0.2) is 18.6 Å². The Balaban J connectivity index is 2.45. The zero-order valence-electron chi connectivity index (χ0n) is 9.52. The number of nitrogens with two attached hydrogens (primary N) is 1. The maximum Gasteiger partial charge on any atom is 0.335 e. The highest BCUT2D eigenvalue weighted by atomic mass is 32.2. The Labute approximate surface area is 106 Å². The minimum atomic E-state index is -4.53. The number of sulfonamides is 1. The van der Waals surface area contributed by atoms with E-state index in [-0.39, 0.29) is 11.5 Å². The molecular formula is C9H8F2N4O3S. The fourth-order valence-corrected chi connectivity index (χ4v) is 2.39. The molecule has 0 radical (unpaired) electrons. The average molecular weight is 290 g/mol. The van der Waals surface area contributed by atoms with Gasteiger partial charge in [-0.3, -0.25) is 0 Å². The van der Waals surface area contributed by atoms with Crippen LogP contribution in [-0.2, 0) is 10.0 Å². The SMILES string of the molecule is Cc1noc(NS(=O)(=O)c2c(F)cc(N)cc2F)n1. The van der Waals surface area contributed by atoms with E-state index in [4.69, 9.17) is 5.73 Å². The second kappa shape index (κ2) is 4.46. The van der Waals surface area contributed by atoms with E-state index in [1.165, 1.54) is 6.92 Å². The van der Waals surface area contributed by atoms with Gasteiger partial charge >= 0.3 is 6.01 Å². The second-order valence-corrected chi connectivity index (χ2v) is 5.19. The molecule has 0 bridgehead atoms. The molecule has 0 saturated heterocycles. The maximum absolute atomic E-state index is 13.5. The van der Waals surface area contributed by atoms with Crippen LogP contribution in [0.15, 0.2) is 21.6 Å². The fourth-order valence-electron chi connectivity index (χ4n) is 1.34. The Hall–Kier alpha value is -2.23. The Bertz CT molecular complexity index is 706. The molecule has 2 rings (SSSR count). The van der Waals surface area contributed by atoms with E-state index >= 15 is 0 Å². The number of anilines is 2. The molecule has 2 aromatic rings. The van der Waals surface area contributed by atoms with Crippen LogP contribution in [0.1, 0.15) is 5.82 Å². The zero-order valence-corrected chi connectivity index (χ0v) is 10.3. The summed E-state index contributed by atoms with van der Waals surface area (Å²) in [5, 5.41) is 3.33. The Morgan fingerprint density at radius 1 is 1.32 bits per heavy atom. The minimum absolute atomic E-state index is 0.163. The van der Waals surface area contributed by atoms with Crippen LogP contribution in [0, 0.1) is 18.6 Å². The van der Waals surface area contributed by atoms with Crippen molar-refractivity contribution in [3.8, 4) is 0 Å². The number of nitrogens with zero attached hydrogens (tertiary/aromatic N) is 2. The highest BCUT2D eigenvalue weighted by molar-refractivity contribution is 7.92. The van der Waals surface area contributed by atoms with Crippen molar-refractivity contribution in [1.29, 1.82) is 0 Å². The van der Waals surface area contributed by atoms with Crippen LogP contribution >= 0.6 is 0 Å². The Morgan fingerprint density at radius 3 is 2.37 bits per heavy atom. The van der Waals surface area contributed by atoms with Crippen LogP contribution in [0.5, 0.6) is 0 Å². The van der Waals surface area contributed by atoms with E-state index in [1.54, 1.807) is 4.72 Å². The van der Waals surface area contributed by atoms with Crippen molar-refractivity contribution in [3.05, 3.63) is 29.6 Å². The molecule has 0 fully saturated rings. The Morgan fingerprint density at radius 2 is 1.89 bits per heavy atom. The van der Waals surface area contributed by atoms with Crippen molar-refractivity contribution in [1.82, 2.24) is 10.1 Å². The third-order valence-corrected chi connectivity index (χ3v) is 3.41. The smallest absolute Gasteiger partial charge is 0.335 e. The number of aromatic nitrogens is 2. The van der Waals surface area contributed by atoms with E-state index in [1.807, 2.05) is 0 Å². The van der Waals surface area contributed by atoms with Gasteiger partial charge in [0.15, 0.2) is 10.7 Å². The zero-order chi connectivity index (χ0) is 14.2. The van der Waals surface area contributed by atoms with E-state index in [0.29, 0.717) is 12.1 Å². The van der Waals surface area contributed by atoms with Gasteiger partial charge in [0.1, 0.15) is 11.6 Å². The van der Waals surface area contributed by atoms with Crippen molar-refractivity contribution >= 4 is 21.7 Å². The van der Waals surface area contributed by atoms with Gasteiger partial charge in [-0.15, -0.1) is 0 Å². The van der Waals surface area contributed by atoms with Gasteiger partial charge in [0.25, 0.3) is 10.0 Å². The van der Waals surface area contributed by atoms with Crippen molar-refractivity contribution < 1.29 is 21.7 Å². The normalized spacial score (nSPS) is 11.5. The lowest BCUT2D eigenvalue weighted by Gasteiger charge is -2.07. The topological polar surface area (TPSA) is 111 Å². The molecule has 102 valence electrons. The average Bonchev–Trinajstić information content (AvgIpc) is 2.60. The molecule has 0 aliphatic rings. The number of aryl methyl sites for hydroxylation is 1. The molecule has 1 aromatic carbocycles. The molecule has 0 atom stereocenters. The molecule has 0 saturated carbocycles. The third kappa shape index (κ3) is 2.62. The predicted molar refractivity (Wildman–Crippen MR) is 60.6 cm³/mol. The fraction of sp³-hybridized carbons (Fsp3) is 0.111. The number of hydrogen-bond acceptors (Lipinski definition) is 6. The van der Waals surface area contributed by atoms with Crippen LogP contribution in [0.25, 0.3) is 0 Å². The quantitative estimate of drug-likeness (QED) is 0.817. The van der Waals surface area contributed by atoms with Crippen LogP contribution in [0.3, 0.4) is 0 Å². The number of nitrogen functional groups attached to an aromatic ring is 1. The van der Waals surface area contributed by atoms with Crippen molar-refractivity contribution in [2.45, 2.75) is 11.8 Å². The van der Waals surface area contributed by atoms with Crippen LogP contribution in [0.4, 0.5) is 20.5 Å². The van der Waals surface area contributed by atoms with Crippen molar-refractivity contribution in [2.75, 3.05) is 10.5 Å². The van der Waals surface area contributed by atoms with Gasteiger partial charge < -0.3 is 10.3 Å². The molecule has 0 aliphatic heterocycles. The summed E-state index contributed by atoms with van der Waals surface area (Å²) in [6.07, 6.45) is 0. The minimum Gasteiger partial charge on any atom is -0.399 e. The largest absolute Gasteiger partial charge is 0.399 e. The molecular weight excluding hydrogens is 282 g/mol. The van der Waals surface area contributed by atoms with Gasteiger partial charge in [-0.25, -0.2) is 21.9 Å². The number of hydrogen-bond donors (Lipinski definition) is 2. The first-order chi connectivity index (χ1) is 8.79. The summed E-state index contributed by atoms with van der Waals surface area (Å²) < 4.78 is 56.9. The third-order valence-electron chi connectivity index (χ3n) is 2.04. The molecule has 7 nitrogen and oxygen atoms in total. The maximum atomic E-state index is 13.5. The lowest BCUT2D eigenvalue weighted by molar-refractivity contribution is 0.429. The molecule has 10 heteroatoms. The lowest BCUT2D eigenvalue weighted by atomic mass is 10.3. The van der Waals surface area contributed by atoms with Gasteiger partial charge in [0, 0.05) is 5.69 Å². The van der Waals surface area contributed by atoms with Crippen LogP contribution in [0.2, 0.25) is 0 Å². The summed E-state index contributed by atoms with van der Waals surface area (Å²) in [5.41, 5.74) is 4.96. The van der Waals surface area contributed by atoms with Crippen molar-refractivity contribution in [3.63, 3.8) is 0 Å². The lowest BCUT2D eigenvalue weighted by Crippen LogP contribution is -2.17. The Kier molecular flexibility index (Phi) is 3.10. The summed E-state index contributed by atoms with van der Waals surface area (Å²) in [6.45, 7) is 1.45.